The number of benzene rings is 4. The monoisotopic (exact) mass is 373 g/mol. The molecule has 5 rings (SSSR count). The second-order valence-corrected chi connectivity index (χ2v) is 6.90. The zero-order valence-corrected chi connectivity index (χ0v) is 15.4. The first kappa shape index (κ1) is 17.0. The van der Waals surface area contributed by atoms with E-state index in [0.717, 1.165) is 21.9 Å². The maximum Gasteiger partial charge on any atom is 0.266 e. The van der Waals surface area contributed by atoms with Gasteiger partial charge in [-0.05, 0) is 40.6 Å². The van der Waals surface area contributed by atoms with Crippen LogP contribution in [0.25, 0.3) is 21.9 Å². The number of fused-ring (bicyclic) bond motifs is 2. The second-order valence-electron chi connectivity index (χ2n) is 6.90. The predicted molar refractivity (Wildman–Crippen MR) is 115 cm³/mol. The van der Waals surface area contributed by atoms with Crippen LogP contribution >= 0.6 is 0 Å². The Balaban J connectivity index is 1.80. The van der Waals surface area contributed by atoms with Crippen molar-refractivity contribution in [3.05, 3.63) is 102 Å². The molecule has 0 aliphatic carbocycles. The summed E-state index contributed by atoms with van der Waals surface area (Å²) in [5, 5.41) is 1.86. The molecule has 0 fully saturated rings. The highest BCUT2D eigenvalue weighted by molar-refractivity contribution is 6.37. The summed E-state index contributed by atoms with van der Waals surface area (Å²) in [6.45, 7) is 0. The molecule has 1 aliphatic rings. The van der Waals surface area contributed by atoms with Crippen molar-refractivity contribution in [3.8, 4) is 23.5 Å². The second kappa shape index (κ2) is 6.47. The number of carbonyl (C=O) groups is 2. The zero-order chi connectivity index (χ0) is 20.0. The molecule has 0 unspecified atom stereocenters. The van der Waals surface area contributed by atoms with Crippen LogP contribution in [0.1, 0.15) is 26.3 Å². The summed E-state index contributed by atoms with van der Waals surface area (Å²) in [7, 11) is 0. The third-order valence-electron chi connectivity index (χ3n) is 5.23. The van der Waals surface area contributed by atoms with Crippen molar-refractivity contribution >= 4 is 28.3 Å². The minimum Gasteiger partial charge on any atom is -0.268 e. The average Bonchev–Trinajstić information content (AvgIpc) is 3.02. The Bertz CT molecular complexity index is 1350. The third-order valence-corrected chi connectivity index (χ3v) is 5.23. The first-order valence-electron chi connectivity index (χ1n) is 9.25. The van der Waals surface area contributed by atoms with E-state index in [4.69, 9.17) is 6.42 Å². The van der Waals surface area contributed by atoms with E-state index in [1.54, 1.807) is 24.3 Å². The van der Waals surface area contributed by atoms with Gasteiger partial charge in [0.2, 0.25) is 0 Å². The normalized spacial score (nSPS) is 12.9. The summed E-state index contributed by atoms with van der Waals surface area (Å²) in [4.78, 5) is 28.0. The van der Waals surface area contributed by atoms with Gasteiger partial charge in [-0.1, -0.05) is 66.6 Å². The molecule has 4 aromatic rings. The molecule has 0 saturated carbocycles. The largest absolute Gasteiger partial charge is 0.268 e. The molecule has 0 N–H and O–H groups in total. The highest BCUT2D eigenvalue weighted by Gasteiger charge is 2.39. The van der Waals surface area contributed by atoms with Crippen molar-refractivity contribution in [2.45, 2.75) is 0 Å². The van der Waals surface area contributed by atoms with Crippen molar-refractivity contribution in [1.29, 1.82) is 0 Å². The molecule has 1 aliphatic heterocycles. The quantitative estimate of drug-likeness (QED) is 0.354. The topological polar surface area (TPSA) is 37.4 Å². The fourth-order valence-electron chi connectivity index (χ4n) is 3.94. The van der Waals surface area contributed by atoms with Crippen LogP contribution in [0, 0.1) is 12.3 Å². The van der Waals surface area contributed by atoms with E-state index < -0.39 is 0 Å². The molecule has 0 saturated heterocycles. The van der Waals surface area contributed by atoms with E-state index in [9.17, 15) is 9.59 Å². The molecule has 29 heavy (non-hydrogen) atoms. The molecule has 0 aromatic heterocycles. The van der Waals surface area contributed by atoms with E-state index in [0.29, 0.717) is 22.4 Å². The Kier molecular flexibility index (Phi) is 3.79. The summed E-state index contributed by atoms with van der Waals surface area (Å²) in [6, 6.07) is 26.3. The molecule has 2 amide bonds. The number of rotatable bonds is 2. The van der Waals surface area contributed by atoms with Gasteiger partial charge >= 0.3 is 0 Å². The van der Waals surface area contributed by atoms with Gasteiger partial charge in [-0.3, -0.25) is 9.59 Å². The number of hydrogen-bond donors (Lipinski definition) is 0. The summed E-state index contributed by atoms with van der Waals surface area (Å²) >= 11 is 0. The van der Waals surface area contributed by atoms with Crippen LogP contribution in [0.2, 0.25) is 0 Å². The maximum atomic E-state index is 13.5. The summed E-state index contributed by atoms with van der Waals surface area (Å²) in [5.41, 5.74) is 3.64. The summed E-state index contributed by atoms with van der Waals surface area (Å²) in [5.74, 6) is 1.89. The number of nitrogens with zero attached hydrogens (tertiary/aromatic N) is 1. The maximum absolute atomic E-state index is 13.5. The van der Waals surface area contributed by atoms with Crippen LogP contribution < -0.4 is 4.90 Å². The van der Waals surface area contributed by atoms with E-state index in [1.807, 2.05) is 60.7 Å². The molecular formula is C26H15NO2. The molecule has 3 heteroatoms. The zero-order valence-electron chi connectivity index (χ0n) is 15.4. The van der Waals surface area contributed by atoms with Crippen molar-refractivity contribution in [3.63, 3.8) is 0 Å². The van der Waals surface area contributed by atoms with Crippen LogP contribution in [0.15, 0.2) is 84.9 Å². The summed E-state index contributed by atoms with van der Waals surface area (Å²) in [6.07, 6.45) is 5.50. The Morgan fingerprint density at radius 2 is 1.48 bits per heavy atom. The SMILES string of the molecule is C#Cc1cccc(N2C(=O)c3cc4ccccc4c(-c4ccccc4)c3C2=O)c1. The van der Waals surface area contributed by atoms with Crippen molar-refractivity contribution in [1.82, 2.24) is 0 Å². The van der Waals surface area contributed by atoms with E-state index in [2.05, 4.69) is 5.92 Å². The van der Waals surface area contributed by atoms with E-state index in [1.165, 1.54) is 4.90 Å². The van der Waals surface area contributed by atoms with Gasteiger partial charge in [0.1, 0.15) is 0 Å². The Morgan fingerprint density at radius 1 is 0.724 bits per heavy atom. The van der Waals surface area contributed by atoms with Gasteiger partial charge in [0.05, 0.1) is 16.8 Å². The number of carbonyl (C=O) groups excluding carboxylic acids is 2. The number of amides is 2. The Hall–Kier alpha value is -4.16. The average molecular weight is 373 g/mol. The number of hydrogen-bond acceptors (Lipinski definition) is 2. The summed E-state index contributed by atoms with van der Waals surface area (Å²) < 4.78 is 0. The van der Waals surface area contributed by atoms with Gasteiger partial charge in [-0.2, -0.15) is 0 Å². The van der Waals surface area contributed by atoms with Crippen LogP contribution in [0.3, 0.4) is 0 Å². The molecule has 136 valence electrons. The lowest BCUT2D eigenvalue weighted by Crippen LogP contribution is -2.29. The van der Waals surface area contributed by atoms with Gasteiger partial charge in [0, 0.05) is 11.1 Å². The fourth-order valence-corrected chi connectivity index (χ4v) is 3.94. The highest BCUT2D eigenvalue weighted by atomic mass is 16.2. The first-order chi connectivity index (χ1) is 14.2. The van der Waals surface area contributed by atoms with Crippen molar-refractivity contribution < 1.29 is 9.59 Å². The van der Waals surface area contributed by atoms with Gasteiger partial charge < -0.3 is 0 Å². The van der Waals surface area contributed by atoms with Gasteiger partial charge in [0.15, 0.2) is 0 Å². The van der Waals surface area contributed by atoms with E-state index >= 15 is 0 Å². The molecule has 0 atom stereocenters. The molecular weight excluding hydrogens is 358 g/mol. The lowest BCUT2D eigenvalue weighted by molar-refractivity contribution is 0.0926. The van der Waals surface area contributed by atoms with Crippen molar-refractivity contribution in [2.24, 2.45) is 0 Å². The smallest absolute Gasteiger partial charge is 0.266 e. The minimum atomic E-state index is -0.331. The molecule has 1 heterocycles. The number of terminal acetylenes is 1. The highest BCUT2D eigenvalue weighted by Crippen LogP contribution is 2.40. The lowest BCUT2D eigenvalue weighted by atomic mass is 9.90. The molecule has 0 radical (unpaired) electrons. The van der Waals surface area contributed by atoms with Crippen molar-refractivity contribution in [2.75, 3.05) is 4.90 Å². The Morgan fingerprint density at radius 3 is 2.28 bits per heavy atom. The Labute approximate surface area is 168 Å². The van der Waals surface area contributed by atoms with Gasteiger partial charge in [-0.25, -0.2) is 4.90 Å². The van der Waals surface area contributed by atoms with Gasteiger partial charge in [0.25, 0.3) is 11.8 Å². The molecule has 0 bridgehead atoms. The molecule has 4 aromatic carbocycles. The van der Waals surface area contributed by atoms with Crippen LogP contribution in [0.4, 0.5) is 5.69 Å². The van der Waals surface area contributed by atoms with Gasteiger partial charge in [-0.15, -0.1) is 6.42 Å². The first-order valence-corrected chi connectivity index (χ1v) is 9.25. The third kappa shape index (κ3) is 2.55. The molecule has 3 nitrogen and oxygen atoms in total. The van der Waals surface area contributed by atoms with Crippen LogP contribution in [-0.4, -0.2) is 11.8 Å². The lowest BCUT2D eigenvalue weighted by Gasteiger charge is -2.14. The van der Waals surface area contributed by atoms with Crippen LogP contribution in [-0.2, 0) is 0 Å². The fraction of sp³-hybridized carbons (Fsp3) is 0. The number of imide groups is 1. The standard InChI is InChI=1S/C26H15NO2/c1-2-17-9-8-13-20(15-17)27-25(28)22-16-19-12-6-7-14-21(19)23(24(22)26(27)29)18-10-4-3-5-11-18/h1,3-16H. The predicted octanol–water partition coefficient (Wildman–Crippen LogP) is 5.29. The number of anilines is 1. The minimum absolute atomic E-state index is 0.330. The van der Waals surface area contributed by atoms with Crippen LogP contribution in [0.5, 0.6) is 0 Å². The van der Waals surface area contributed by atoms with E-state index in [-0.39, 0.29) is 11.8 Å². The molecule has 0 spiro atoms.